The second-order valence-electron chi connectivity index (χ2n) is 8.41. The van der Waals surface area contributed by atoms with Gasteiger partial charge in [-0.25, -0.2) is 4.98 Å². The van der Waals surface area contributed by atoms with Gasteiger partial charge in [0.15, 0.2) is 0 Å². The zero-order chi connectivity index (χ0) is 22.1. The van der Waals surface area contributed by atoms with Gasteiger partial charge in [0.25, 0.3) is 5.91 Å². The molecule has 6 nitrogen and oxygen atoms in total. The fraction of sp³-hybridized carbons (Fsp3) is 0.375. The van der Waals surface area contributed by atoms with Crippen LogP contribution in [0.1, 0.15) is 54.7 Å². The van der Waals surface area contributed by atoms with Crippen molar-refractivity contribution >= 4 is 34.7 Å². The van der Waals surface area contributed by atoms with Crippen LogP contribution in [0.4, 0.5) is 5.69 Å². The normalized spacial score (nSPS) is 18.9. The van der Waals surface area contributed by atoms with Gasteiger partial charge >= 0.3 is 0 Å². The first kappa shape index (κ1) is 21.4. The number of aromatic nitrogens is 2. The number of halogens is 1. The number of hydrogen-bond donors (Lipinski definition) is 1. The molecule has 162 valence electrons. The van der Waals surface area contributed by atoms with E-state index in [0.717, 1.165) is 30.5 Å². The zero-order valence-corrected chi connectivity index (χ0v) is 18.8. The maximum absolute atomic E-state index is 13.4. The number of hydrogen-bond acceptors (Lipinski definition) is 3. The van der Waals surface area contributed by atoms with Crippen molar-refractivity contribution in [3.8, 4) is 0 Å². The van der Waals surface area contributed by atoms with E-state index >= 15 is 0 Å². The number of piperidine rings is 1. The number of anilines is 1. The Balaban J connectivity index is 1.56. The first-order valence-electron chi connectivity index (χ1n) is 10.7. The molecule has 1 aliphatic rings. The van der Waals surface area contributed by atoms with Gasteiger partial charge in [0.05, 0.1) is 23.4 Å². The number of rotatable bonds is 4. The molecule has 3 aromatic rings. The first-order chi connectivity index (χ1) is 14.8. The highest BCUT2D eigenvalue weighted by Crippen LogP contribution is 2.29. The summed E-state index contributed by atoms with van der Waals surface area (Å²) in [7, 11) is 0. The second-order valence-corrected chi connectivity index (χ2v) is 8.85. The molecule has 3 heterocycles. The number of imidazole rings is 1. The summed E-state index contributed by atoms with van der Waals surface area (Å²) in [5.74, 6) is -0.321. The molecule has 0 bridgehead atoms. The highest BCUT2D eigenvalue weighted by molar-refractivity contribution is 6.31. The Labute approximate surface area is 187 Å². The molecule has 1 aliphatic heterocycles. The average Bonchev–Trinajstić information content (AvgIpc) is 3.13. The highest BCUT2D eigenvalue weighted by atomic mass is 35.5. The summed E-state index contributed by atoms with van der Waals surface area (Å²) < 4.78 is 1.91. The molecule has 0 radical (unpaired) electrons. The lowest BCUT2D eigenvalue weighted by Crippen LogP contribution is -2.47. The molecule has 0 spiro atoms. The van der Waals surface area contributed by atoms with Crippen LogP contribution in [-0.4, -0.2) is 38.2 Å². The molecular weight excluding hydrogens is 412 g/mol. The van der Waals surface area contributed by atoms with E-state index in [1.54, 1.807) is 18.2 Å². The van der Waals surface area contributed by atoms with E-state index in [2.05, 4.69) is 24.1 Å². The van der Waals surface area contributed by atoms with Crippen LogP contribution in [0.5, 0.6) is 0 Å². The minimum atomic E-state index is -0.225. The van der Waals surface area contributed by atoms with Crippen LogP contribution in [0.3, 0.4) is 0 Å². The van der Waals surface area contributed by atoms with E-state index in [1.807, 2.05) is 40.8 Å². The first-order valence-corrected chi connectivity index (χ1v) is 11.1. The van der Waals surface area contributed by atoms with E-state index < -0.39 is 0 Å². The maximum Gasteiger partial charge on any atom is 0.256 e. The van der Waals surface area contributed by atoms with Crippen LogP contribution in [0.15, 0.2) is 42.7 Å². The summed E-state index contributed by atoms with van der Waals surface area (Å²) >= 11 is 6.20. The third kappa shape index (κ3) is 4.44. The van der Waals surface area contributed by atoms with Crippen LogP contribution in [0.2, 0.25) is 5.02 Å². The van der Waals surface area contributed by atoms with Crippen molar-refractivity contribution in [2.75, 3.05) is 5.32 Å². The van der Waals surface area contributed by atoms with Gasteiger partial charge in [0, 0.05) is 29.5 Å². The van der Waals surface area contributed by atoms with Gasteiger partial charge < -0.3 is 14.6 Å². The lowest BCUT2D eigenvalue weighted by atomic mass is 9.96. The van der Waals surface area contributed by atoms with Crippen LogP contribution >= 0.6 is 11.6 Å². The zero-order valence-electron chi connectivity index (χ0n) is 18.1. The molecule has 0 aliphatic carbocycles. The van der Waals surface area contributed by atoms with E-state index in [1.165, 1.54) is 0 Å². The smallest absolute Gasteiger partial charge is 0.256 e. The van der Waals surface area contributed by atoms with Gasteiger partial charge in [-0.05, 0) is 69.9 Å². The SMILES string of the molecule is Cc1cccn2cc(CC(=O)Nc3ccc(Cl)cc3C(=O)N3C(C)CCCC3C)nc12. The van der Waals surface area contributed by atoms with Crippen LogP contribution in [0.25, 0.3) is 5.65 Å². The molecule has 0 saturated carbocycles. The van der Waals surface area contributed by atoms with Crippen molar-refractivity contribution in [1.82, 2.24) is 14.3 Å². The fourth-order valence-corrected chi connectivity index (χ4v) is 4.58. The quantitative estimate of drug-likeness (QED) is 0.631. The van der Waals surface area contributed by atoms with Crippen LogP contribution in [-0.2, 0) is 11.2 Å². The summed E-state index contributed by atoms with van der Waals surface area (Å²) in [6.07, 6.45) is 6.95. The minimum Gasteiger partial charge on any atom is -0.333 e. The third-order valence-electron chi connectivity index (χ3n) is 5.98. The van der Waals surface area contributed by atoms with Gasteiger partial charge in [-0.2, -0.15) is 0 Å². The molecular formula is C24H27ClN4O2. The van der Waals surface area contributed by atoms with Crippen molar-refractivity contribution < 1.29 is 9.59 Å². The Kier molecular flexibility index (Phi) is 6.01. The summed E-state index contributed by atoms with van der Waals surface area (Å²) in [4.78, 5) is 32.7. The Morgan fingerprint density at radius 3 is 2.65 bits per heavy atom. The number of aryl methyl sites for hydroxylation is 1. The lowest BCUT2D eigenvalue weighted by molar-refractivity contribution is -0.115. The Hall–Kier alpha value is -2.86. The molecule has 1 saturated heterocycles. The van der Waals surface area contributed by atoms with Gasteiger partial charge in [0.2, 0.25) is 5.91 Å². The van der Waals surface area contributed by atoms with Crippen molar-refractivity contribution in [1.29, 1.82) is 0 Å². The van der Waals surface area contributed by atoms with E-state index in [-0.39, 0.29) is 30.3 Å². The Morgan fingerprint density at radius 1 is 1.19 bits per heavy atom. The number of pyridine rings is 1. The van der Waals surface area contributed by atoms with Gasteiger partial charge in [-0.3, -0.25) is 9.59 Å². The summed E-state index contributed by atoms with van der Waals surface area (Å²) in [6.45, 7) is 6.13. The van der Waals surface area contributed by atoms with Crippen LogP contribution in [0, 0.1) is 6.92 Å². The minimum absolute atomic E-state index is 0.0964. The Bertz CT molecular complexity index is 1130. The van der Waals surface area contributed by atoms with E-state index in [9.17, 15) is 9.59 Å². The number of carbonyl (C=O) groups is 2. The van der Waals surface area contributed by atoms with Crippen LogP contribution < -0.4 is 5.32 Å². The summed E-state index contributed by atoms with van der Waals surface area (Å²) in [5, 5.41) is 3.37. The fourth-order valence-electron chi connectivity index (χ4n) is 4.41. The van der Waals surface area contributed by atoms with Gasteiger partial charge in [-0.15, -0.1) is 0 Å². The molecule has 1 N–H and O–H groups in total. The lowest BCUT2D eigenvalue weighted by Gasteiger charge is -2.39. The van der Waals surface area contributed by atoms with E-state index in [4.69, 9.17) is 11.6 Å². The Morgan fingerprint density at radius 2 is 1.94 bits per heavy atom. The molecule has 2 unspecified atom stereocenters. The number of nitrogens with zero attached hydrogens (tertiary/aromatic N) is 3. The third-order valence-corrected chi connectivity index (χ3v) is 6.22. The largest absolute Gasteiger partial charge is 0.333 e. The van der Waals surface area contributed by atoms with Crippen molar-refractivity contribution in [2.24, 2.45) is 0 Å². The second kappa shape index (κ2) is 8.71. The molecule has 2 amide bonds. The number of likely N-dealkylation sites (tertiary alicyclic amines) is 1. The standard InChI is InChI=1S/C24H27ClN4O2/c1-15-6-5-11-28-14-19(26-23(15)28)13-22(30)27-21-10-9-18(25)12-20(21)24(31)29-16(2)7-4-8-17(29)3/h5-6,9-12,14,16-17H,4,7-8,13H2,1-3H3,(H,27,30). The molecule has 2 atom stereocenters. The molecule has 2 aromatic heterocycles. The maximum atomic E-state index is 13.4. The average molecular weight is 439 g/mol. The number of fused-ring (bicyclic) bond motifs is 1. The number of nitrogens with one attached hydrogen (secondary N) is 1. The monoisotopic (exact) mass is 438 g/mol. The molecule has 7 heteroatoms. The molecule has 31 heavy (non-hydrogen) atoms. The predicted octanol–water partition coefficient (Wildman–Crippen LogP) is 4.88. The van der Waals surface area contributed by atoms with Gasteiger partial charge in [0.1, 0.15) is 5.65 Å². The predicted molar refractivity (Wildman–Crippen MR) is 123 cm³/mol. The van der Waals surface area contributed by atoms with Crippen molar-refractivity contribution in [3.63, 3.8) is 0 Å². The summed E-state index contributed by atoms with van der Waals surface area (Å²) in [5.41, 5.74) is 3.45. The number of amides is 2. The van der Waals surface area contributed by atoms with Crippen molar-refractivity contribution in [2.45, 2.75) is 58.5 Å². The number of benzene rings is 1. The van der Waals surface area contributed by atoms with Gasteiger partial charge in [-0.1, -0.05) is 17.7 Å². The molecule has 1 fully saturated rings. The topological polar surface area (TPSA) is 66.7 Å². The number of carbonyl (C=O) groups excluding carboxylic acids is 2. The molecule has 4 rings (SSSR count). The van der Waals surface area contributed by atoms with Crippen molar-refractivity contribution in [3.05, 3.63) is 64.6 Å². The summed E-state index contributed by atoms with van der Waals surface area (Å²) in [6, 6.07) is 9.26. The molecule has 1 aromatic carbocycles. The highest BCUT2D eigenvalue weighted by Gasteiger charge is 2.31. The van der Waals surface area contributed by atoms with E-state index in [0.29, 0.717) is 22.0 Å².